The minimum Gasteiger partial charge on any atom is -0.508 e. The average Bonchev–Trinajstić information content (AvgIpc) is 3.39. The number of amides is 4. The number of aromatic amines is 1. The SMILES string of the molecule is NC(=O)CC(N)C(=O)NC(Cc1cnc[nH]1)C(=O)NC(Cc1ccc(O)cc1)C(=O)NC(CCC(=O)O)C(=O)O. The van der Waals surface area contributed by atoms with Crippen LogP contribution in [0.25, 0.3) is 0 Å². The number of carbonyl (C=O) groups excluding carboxylic acids is 4. The third kappa shape index (κ3) is 10.4. The molecule has 0 aliphatic rings. The Bertz CT molecular complexity index is 1200. The molecule has 0 fully saturated rings. The van der Waals surface area contributed by atoms with Gasteiger partial charge in [-0.15, -0.1) is 0 Å². The molecule has 40 heavy (non-hydrogen) atoms. The number of carbonyl (C=O) groups is 6. The van der Waals surface area contributed by atoms with Crippen molar-refractivity contribution in [1.82, 2.24) is 25.9 Å². The molecule has 0 radical (unpaired) electrons. The van der Waals surface area contributed by atoms with E-state index in [0.717, 1.165) is 0 Å². The van der Waals surface area contributed by atoms with Crippen LogP contribution in [0.2, 0.25) is 0 Å². The Balaban J connectivity index is 2.29. The van der Waals surface area contributed by atoms with Gasteiger partial charge in [0.2, 0.25) is 23.6 Å². The van der Waals surface area contributed by atoms with Crippen molar-refractivity contribution in [3.05, 3.63) is 48.0 Å². The lowest BCUT2D eigenvalue weighted by Crippen LogP contribution is -2.58. The van der Waals surface area contributed by atoms with Crippen molar-refractivity contribution in [2.75, 3.05) is 0 Å². The highest BCUT2D eigenvalue weighted by molar-refractivity contribution is 5.95. The fourth-order valence-corrected chi connectivity index (χ4v) is 3.56. The van der Waals surface area contributed by atoms with Crippen LogP contribution in [0.4, 0.5) is 0 Å². The summed E-state index contributed by atoms with van der Waals surface area (Å²) in [6.07, 6.45) is 1.04. The Morgan fingerprint density at radius 3 is 1.98 bits per heavy atom. The molecule has 0 saturated heterocycles. The Labute approximate surface area is 227 Å². The molecule has 1 aromatic carbocycles. The van der Waals surface area contributed by atoms with Crippen molar-refractivity contribution >= 4 is 35.6 Å². The molecule has 1 aromatic heterocycles. The van der Waals surface area contributed by atoms with Crippen LogP contribution in [0.15, 0.2) is 36.8 Å². The Hall–Kier alpha value is -4.99. The number of rotatable bonds is 16. The standard InChI is InChI=1S/C24H31N7O9/c25-15(9-19(26)33)21(36)30-18(8-13-10-27-11-28-13)23(38)31-17(7-12-1-3-14(32)4-2-12)22(37)29-16(24(39)40)5-6-20(34)35/h1-4,10-11,15-18,32H,5-9,25H2,(H2,26,33)(H,27,28)(H,29,37)(H,30,36)(H,31,38)(H,34,35)(H,39,40). The number of nitrogens with two attached hydrogens (primary N) is 2. The summed E-state index contributed by atoms with van der Waals surface area (Å²) in [5, 5.41) is 35.0. The number of hydrogen-bond donors (Lipinski definition) is 9. The zero-order valence-electron chi connectivity index (χ0n) is 21.2. The Kier molecular flexibility index (Phi) is 11.6. The van der Waals surface area contributed by atoms with E-state index in [-0.39, 0.29) is 18.6 Å². The van der Waals surface area contributed by atoms with E-state index in [1.807, 2.05) is 0 Å². The van der Waals surface area contributed by atoms with Crippen LogP contribution in [-0.4, -0.2) is 85.0 Å². The van der Waals surface area contributed by atoms with E-state index in [9.17, 15) is 39.0 Å². The fourth-order valence-electron chi connectivity index (χ4n) is 3.56. The van der Waals surface area contributed by atoms with Gasteiger partial charge in [-0.25, -0.2) is 9.78 Å². The number of aliphatic carboxylic acids is 2. The highest BCUT2D eigenvalue weighted by Gasteiger charge is 2.31. The smallest absolute Gasteiger partial charge is 0.326 e. The second-order valence-corrected chi connectivity index (χ2v) is 8.88. The van der Waals surface area contributed by atoms with Crippen molar-refractivity contribution in [3.63, 3.8) is 0 Å². The predicted molar refractivity (Wildman–Crippen MR) is 136 cm³/mol. The number of benzene rings is 1. The molecule has 0 aliphatic carbocycles. The zero-order chi connectivity index (χ0) is 29.8. The molecule has 216 valence electrons. The first-order valence-corrected chi connectivity index (χ1v) is 12.0. The third-order valence-electron chi connectivity index (χ3n) is 5.64. The molecule has 0 spiro atoms. The number of hydrogen-bond acceptors (Lipinski definition) is 9. The summed E-state index contributed by atoms with van der Waals surface area (Å²) in [6.45, 7) is 0. The van der Waals surface area contributed by atoms with E-state index < -0.39 is 79.0 Å². The molecule has 2 aromatic rings. The molecule has 4 unspecified atom stereocenters. The van der Waals surface area contributed by atoms with Crippen molar-refractivity contribution in [1.29, 1.82) is 0 Å². The lowest BCUT2D eigenvalue weighted by molar-refractivity contribution is -0.143. The molecular weight excluding hydrogens is 530 g/mol. The maximum atomic E-state index is 13.3. The minimum atomic E-state index is -1.56. The monoisotopic (exact) mass is 561 g/mol. The van der Waals surface area contributed by atoms with Gasteiger partial charge in [-0.05, 0) is 24.1 Å². The number of H-pyrrole nitrogens is 1. The number of primary amides is 1. The van der Waals surface area contributed by atoms with Crippen LogP contribution < -0.4 is 27.4 Å². The van der Waals surface area contributed by atoms with Crippen LogP contribution >= 0.6 is 0 Å². The van der Waals surface area contributed by atoms with E-state index in [4.69, 9.17) is 16.6 Å². The number of nitrogens with zero attached hydrogens (tertiary/aromatic N) is 1. The van der Waals surface area contributed by atoms with E-state index >= 15 is 0 Å². The zero-order valence-corrected chi connectivity index (χ0v) is 21.2. The summed E-state index contributed by atoms with van der Waals surface area (Å²) < 4.78 is 0. The van der Waals surface area contributed by atoms with Gasteiger partial charge in [0.1, 0.15) is 23.9 Å². The highest BCUT2D eigenvalue weighted by Crippen LogP contribution is 2.12. The fraction of sp³-hybridized carbons (Fsp3) is 0.375. The van der Waals surface area contributed by atoms with Crippen molar-refractivity contribution in [2.24, 2.45) is 11.5 Å². The summed E-state index contributed by atoms with van der Waals surface area (Å²) in [5.41, 5.74) is 11.7. The van der Waals surface area contributed by atoms with Crippen LogP contribution in [0.1, 0.15) is 30.5 Å². The summed E-state index contributed by atoms with van der Waals surface area (Å²) in [5.74, 6) is -6.28. The molecule has 0 aliphatic heterocycles. The van der Waals surface area contributed by atoms with E-state index in [1.54, 1.807) is 0 Å². The minimum absolute atomic E-state index is 0.0527. The second kappa shape index (κ2) is 14.8. The van der Waals surface area contributed by atoms with Gasteiger partial charge < -0.3 is 47.7 Å². The number of aromatic hydroxyl groups is 1. The molecule has 16 heteroatoms. The van der Waals surface area contributed by atoms with Crippen LogP contribution in [-0.2, 0) is 41.6 Å². The molecule has 4 atom stereocenters. The highest BCUT2D eigenvalue weighted by atomic mass is 16.4. The molecule has 4 amide bonds. The van der Waals surface area contributed by atoms with Gasteiger partial charge in [0.15, 0.2) is 0 Å². The second-order valence-electron chi connectivity index (χ2n) is 8.88. The van der Waals surface area contributed by atoms with E-state index in [0.29, 0.717) is 11.3 Å². The normalized spacial score (nSPS) is 13.7. The maximum Gasteiger partial charge on any atom is 0.326 e. The summed E-state index contributed by atoms with van der Waals surface area (Å²) in [4.78, 5) is 79.3. The van der Waals surface area contributed by atoms with Crippen molar-refractivity contribution in [3.8, 4) is 5.75 Å². The van der Waals surface area contributed by atoms with Crippen LogP contribution in [0, 0.1) is 0 Å². The summed E-state index contributed by atoms with van der Waals surface area (Å²) >= 11 is 0. The number of phenolic OH excluding ortho intramolecular Hbond substituents is 1. The molecule has 11 N–H and O–H groups in total. The number of aromatic nitrogens is 2. The first kappa shape index (κ1) is 31.2. The number of phenols is 1. The summed E-state index contributed by atoms with van der Waals surface area (Å²) in [7, 11) is 0. The van der Waals surface area contributed by atoms with Gasteiger partial charge in [0.25, 0.3) is 0 Å². The van der Waals surface area contributed by atoms with Gasteiger partial charge in [0, 0.05) is 31.2 Å². The topological polar surface area (TPSA) is 280 Å². The van der Waals surface area contributed by atoms with Gasteiger partial charge >= 0.3 is 11.9 Å². The number of nitrogens with one attached hydrogen (secondary N) is 4. The van der Waals surface area contributed by atoms with Crippen molar-refractivity contribution in [2.45, 2.75) is 56.3 Å². The molecule has 16 nitrogen and oxygen atoms in total. The van der Waals surface area contributed by atoms with Gasteiger partial charge in [-0.1, -0.05) is 12.1 Å². The lowest BCUT2D eigenvalue weighted by atomic mass is 10.0. The first-order valence-electron chi connectivity index (χ1n) is 12.0. The first-order chi connectivity index (χ1) is 18.8. The van der Waals surface area contributed by atoms with E-state index in [1.165, 1.54) is 36.8 Å². The van der Waals surface area contributed by atoms with E-state index in [2.05, 4.69) is 25.9 Å². The molecule has 0 saturated carbocycles. The van der Waals surface area contributed by atoms with Crippen LogP contribution in [0.3, 0.4) is 0 Å². The number of carboxylic acids is 2. The third-order valence-corrected chi connectivity index (χ3v) is 5.64. The lowest BCUT2D eigenvalue weighted by Gasteiger charge is -2.25. The summed E-state index contributed by atoms with van der Waals surface area (Å²) in [6, 6.07) is 0.0435. The van der Waals surface area contributed by atoms with Gasteiger partial charge in [-0.2, -0.15) is 0 Å². The molecular formula is C24H31N7O9. The predicted octanol–water partition coefficient (Wildman–Crippen LogP) is -2.49. The Morgan fingerprint density at radius 1 is 0.875 bits per heavy atom. The van der Waals surface area contributed by atoms with Crippen molar-refractivity contribution < 1.29 is 44.1 Å². The number of carboxylic acid groups (broad SMARTS) is 2. The average molecular weight is 562 g/mol. The Morgan fingerprint density at radius 2 is 1.45 bits per heavy atom. The molecule has 0 bridgehead atoms. The number of imidazole rings is 1. The largest absolute Gasteiger partial charge is 0.508 e. The molecule has 2 rings (SSSR count). The quantitative estimate of drug-likeness (QED) is 0.103. The maximum absolute atomic E-state index is 13.3. The van der Waals surface area contributed by atoms with Gasteiger partial charge in [0.05, 0.1) is 18.8 Å². The van der Waals surface area contributed by atoms with Crippen LogP contribution in [0.5, 0.6) is 5.75 Å². The molecule has 1 heterocycles. The van der Waals surface area contributed by atoms with Gasteiger partial charge in [-0.3, -0.25) is 24.0 Å².